The molecule has 1 N–H and O–H groups in total. The summed E-state index contributed by atoms with van der Waals surface area (Å²) >= 11 is 0. The Hall–Kier alpha value is -1.31. The summed E-state index contributed by atoms with van der Waals surface area (Å²) in [5.41, 5.74) is 5.44. The van der Waals surface area contributed by atoms with Crippen LogP contribution in [0, 0.1) is 0 Å². The molecule has 0 spiro atoms. The van der Waals surface area contributed by atoms with Crippen molar-refractivity contribution in [2.24, 2.45) is 0 Å². The molecule has 90 valence electrons. The Balaban J connectivity index is 2.11. The van der Waals surface area contributed by atoms with E-state index in [1.54, 1.807) is 0 Å². The molecular weight excluding hydrogens is 212 g/mol. The van der Waals surface area contributed by atoms with Gasteiger partial charge in [0.1, 0.15) is 0 Å². The Bertz CT molecular complexity index is 462. The van der Waals surface area contributed by atoms with Crippen LogP contribution in [0.1, 0.15) is 53.9 Å². The zero-order valence-electron chi connectivity index (χ0n) is 10.0. The third-order valence-corrected chi connectivity index (χ3v) is 4.28. The van der Waals surface area contributed by atoms with Gasteiger partial charge in [0.15, 0.2) is 0 Å². The number of carbonyl (C=O) groups is 1. The number of benzene rings is 1. The fourth-order valence-electron chi connectivity index (χ4n) is 3.44. The van der Waals surface area contributed by atoms with E-state index in [9.17, 15) is 9.90 Å². The van der Waals surface area contributed by atoms with Crippen molar-refractivity contribution >= 4 is 5.97 Å². The van der Waals surface area contributed by atoms with Crippen LogP contribution in [0.15, 0.2) is 12.1 Å². The molecule has 2 aliphatic carbocycles. The van der Waals surface area contributed by atoms with Crippen molar-refractivity contribution in [3.63, 3.8) is 0 Å². The second-order valence-corrected chi connectivity index (χ2v) is 5.26. The van der Waals surface area contributed by atoms with Gasteiger partial charge in [0, 0.05) is 0 Å². The van der Waals surface area contributed by atoms with Crippen LogP contribution in [0.2, 0.25) is 0 Å². The van der Waals surface area contributed by atoms with E-state index in [4.69, 9.17) is 0 Å². The number of rotatable bonds is 1. The quantitative estimate of drug-likeness (QED) is 0.805. The van der Waals surface area contributed by atoms with Crippen LogP contribution in [-0.2, 0) is 24.1 Å². The molecular formula is C15H18O2. The van der Waals surface area contributed by atoms with Crippen LogP contribution in [0.3, 0.4) is 0 Å². The van der Waals surface area contributed by atoms with Crippen molar-refractivity contribution in [2.75, 3.05) is 0 Å². The van der Waals surface area contributed by atoms with E-state index in [0.29, 0.717) is 0 Å². The van der Waals surface area contributed by atoms with Gasteiger partial charge in [-0.2, -0.15) is 0 Å². The third-order valence-electron chi connectivity index (χ3n) is 4.28. The highest BCUT2D eigenvalue weighted by Gasteiger charge is 2.28. The van der Waals surface area contributed by atoms with Crippen LogP contribution in [0.4, 0.5) is 0 Å². The highest BCUT2D eigenvalue weighted by molar-refractivity contribution is 5.77. The SMILES string of the molecule is O=C(O)C1CCCc2c1ccc1c2CCCC1. The second kappa shape index (κ2) is 4.17. The minimum Gasteiger partial charge on any atom is -0.481 e. The van der Waals surface area contributed by atoms with E-state index >= 15 is 0 Å². The summed E-state index contributed by atoms with van der Waals surface area (Å²) < 4.78 is 0. The summed E-state index contributed by atoms with van der Waals surface area (Å²) in [6, 6.07) is 4.26. The monoisotopic (exact) mass is 230 g/mol. The van der Waals surface area contributed by atoms with Gasteiger partial charge in [0.05, 0.1) is 5.92 Å². The van der Waals surface area contributed by atoms with E-state index in [2.05, 4.69) is 12.1 Å². The zero-order chi connectivity index (χ0) is 11.8. The number of carboxylic acid groups (broad SMARTS) is 1. The molecule has 2 aliphatic rings. The first-order valence-electron chi connectivity index (χ1n) is 6.63. The molecule has 0 saturated carbocycles. The highest BCUT2D eigenvalue weighted by atomic mass is 16.4. The topological polar surface area (TPSA) is 37.3 Å². The lowest BCUT2D eigenvalue weighted by Crippen LogP contribution is -2.20. The van der Waals surface area contributed by atoms with Gasteiger partial charge < -0.3 is 5.11 Å². The smallest absolute Gasteiger partial charge is 0.310 e. The van der Waals surface area contributed by atoms with Crippen molar-refractivity contribution in [2.45, 2.75) is 50.9 Å². The van der Waals surface area contributed by atoms with Crippen molar-refractivity contribution in [1.29, 1.82) is 0 Å². The van der Waals surface area contributed by atoms with Gasteiger partial charge in [-0.05, 0) is 67.2 Å². The number of aliphatic carboxylic acids is 1. The molecule has 1 aromatic rings. The lowest BCUT2D eigenvalue weighted by molar-refractivity contribution is -0.139. The summed E-state index contributed by atoms with van der Waals surface area (Å²) in [5.74, 6) is -0.910. The molecule has 0 aromatic heterocycles. The summed E-state index contributed by atoms with van der Waals surface area (Å²) in [4.78, 5) is 11.3. The fraction of sp³-hybridized carbons (Fsp3) is 0.533. The first kappa shape index (κ1) is 10.8. The predicted octanol–water partition coefficient (Wildman–Crippen LogP) is 3.07. The fourth-order valence-corrected chi connectivity index (χ4v) is 3.44. The molecule has 0 aliphatic heterocycles. The van der Waals surface area contributed by atoms with Gasteiger partial charge in [-0.1, -0.05) is 12.1 Å². The molecule has 1 unspecified atom stereocenters. The standard InChI is InChI=1S/C15H18O2/c16-15(17)14-7-3-6-12-11-5-2-1-4-10(11)8-9-13(12)14/h8-9,14H,1-7H2,(H,16,17). The molecule has 2 heteroatoms. The first-order chi connectivity index (χ1) is 8.27. The van der Waals surface area contributed by atoms with Crippen LogP contribution in [0.25, 0.3) is 0 Å². The lowest BCUT2D eigenvalue weighted by Gasteiger charge is -2.28. The third kappa shape index (κ3) is 1.76. The number of hydrogen-bond acceptors (Lipinski definition) is 1. The Morgan fingerprint density at radius 2 is 1.82 bits per heavy atom. The highest BCUT2D eigenvalue weighted by Crippen LogP contribution is 2.37. The first-order valence-corrected chi connectivity index (χ1v) is 6.63. The maximum absolute atomic E-state index is 11.3. The van der Waals surface area contributed by atoms with E-state index < -0.39 is 5.97 Å². The Morgan fingerprint density at radius 1 is 1.06 bits per heavy atom. The molecule has 17 heavy (non-hydrogen) atoms. The zero-order valence-corrected chi connectivity index (χ0v) is 10.0. The molecule has 0 heterocycles. The van der Waals surface area contributed by atoms with Crippen molar-refractivity contribution in [3.05, 3.63) is 34.4 Å². The van der Waals surface area contributed by atoms with Gasteiger partial charge in [-0.25, -0.2) is 0 Å². The van der Waals surface area contributed by atoms with E-state index in [1.807, 2.05) is 0 Å². The second-order valence-electron chi connectivity index (χ2n) is 5.26. The number of hydrogen-bond donors (Lipinski definition) is 1. The normalized spacial score (nSPS) is 22.7. The van der Waals surface area contributed by atoms with Crippen LogP contribution < -0.4 is 0 Å². The van der Waals surface area contributed by atoms with Crippen LogP contribution >= 0.6 is 0 Å². The average Bonchev–Trinajstić information content (AvgIpc) is 2.37. The molecule has 0 saturated heterocycles. The minimum absolute atomic E-state index is 0.258. The van der Waals surface area contributed by atoms with Gasteiger partial charge >= 0.3 is 5.97 Å². The molecule has 1 aromatic carbocycles. The molecule has 3 rings (SSSR count). The van der Waals surface area contributed by atoms with Crippen molar-refractivity contribution in [1.82, 2.24) is 0 Å². The largest absolute Gasteiger partial charge is 0.481 e. The van der Waals surface area contributed by atoms with Gasteiger partial charge in [-0.15, -0.1) is 0 Å². The summed E-state index contributed by atoms with van der Waals surface area (Å²) in [6.07, 6.45) is 7.81. The van der Waals surface area contributed by atoms with Gasteiger partial charge in [-0.3, -0.25) is 4.79 Å². The van der Waals surface area contributed by atoms with E-state index in [0.717, 1.165) is 31.2 Å². The molecule has 0 bridgehead atoms. The van der Waals surface area contributed by atoms with Crippen LogP contribution in [-0.4, -0.2) is 11.1 Å². The molecule has 2 nitrogen and oxygen atoms in total. The Morgan fingerprint density at radius 3 is 2.65 bits per heavy atom. The van der Waals surface area contributed by atoms with E-state index in [-0.39, 0.29) is 5.92 Å². The molecule has 0 amide bonds. The maximum atomic E-state index is 11.3. The summed E-state index contributed by atoms with van der Waals surface area (Å²) in [7, 11) is 0. The van der Waals surface area contributed by atoms with Crippen LogP contribution in [0.5, 0.6) is 0 Å². The predicted molar refractivity (Wildman–Crippen MR) is 66.4 cm³/mol. The maximum Gasteiger partial charge on any atom is 0.310 e. The Labute approximate surface area is 102 Å². The van der Waals surface area contributed by atoms with Crippen molar-refractivity contribution in [3.8, 4) is 0 Å². The van der Waals surface area contributed by atoms with Gasteiger partial charge in [0.25, 0.3) is 0 Å². The number of carboxylic acids is 1. The molecule has 1 atom stereocenters. The summed E-state index contributed by atoms with van der Waals surface area (Å²) in [5, 5.41) is 9.29. The van der Waals surface area contributed by atoms with E-state index in [1.165, 1.54) is 36.0 Å². The minimum atomic E-state index is -0.651. The van der Waals surface area contributed by atoms with Gasteiger partial charge in [0.2, 0.25) is 0 Å². The molecule has 0 fully saturated rings. The number of fused-ring (bicyclic) bond motifs is 3. The lowest BCUT2D eigenvalue weighted by atomic mass is 9.76. The Kier molecular flexibility index (Phi) is 2.65. The summed E-state index contributed by atoms with van der Waals surface area (Å²) in [6.45, 7) is 0. The molecule has 0 radical (unpaired) electrons. The number of aryl methyl sites for hydroxylation is 1. The van der Waals surface area contributed by atoms with Crippen molar-refractivity contribution < 1.29 is 9.90 Å². The average molecular weight is 230 g/mol.